The largest absolute Gasteiger partial charge is 0.456 e. The summed E-state index contributed by atoms with van der Waals surface area (Å²) in [7, 11) is 0. The van der Waals surface area contributed by atoms with Gasteiger partial charge in [0.25, 0.3) is 0 Å². The molecule has 3 saturated carbocycles. The molecule has 0 aromatic heterocycles. The summed E-state index contributed by atoms with van der Waals surface area (Å²) in [5.74, 6) is 1.07. The second-order valence-corrected chi connectivity index (χ2v) is 10.1. The van der Waals surface area contributed by atoms with Gasteiger partial charge in [0, 0.05) is 23.7 Å². The molecule has 4 aliphatic rings. The van der Waals surface area contributed by atoms with Crippen LogP contribution in [0.25, 0.3) is 0 Å². The van der Waals surface area contributed by atoms with E-state index in [9.17, 15) is 14.4 Å². The summed E-state index contributed by atoms with van der Waals surface area (Å²) in [4.78, 5) is 38.0. The van der Waals surface area contributed by atoms with Gasteiger partial charge in [-0.15, -0.1) is 0 Å². The summed E-state index contributed by atoms with van der Waals surface area (Å²) in [6.45, 7) is 7.91. The Kier molecular flexibility index (Phi) is 3.97. The van der Waals surface area contributed by atoms with Gasteiger partial charge in [-0.05, 0) is 61.6 Å². The van der Waals surface area contributed by atoms with Crippen LogP contribution in [0.4, 0.5) is 0 Å². The van der Waals surface area contributed by atoms with E-state index in [0.717, 1.165) is 12.0 Å². The molecular formula is C25H28O4. The van der Waals surface area contributed by atoms with Gasteiger partial charge < -0.3 is 4.74 Å². The van der Waals surface area contributed by atoms with E-state index in [-0.39, 0.29) is 53.3 Å². The number of ketones is 2. The minimum atomic E-state index is -0.524. The number of Topliss-reactive ketones (excluding diaryl/α,β-unsaturated/α-hetero) is 2. The fourth-order valence-electron chi connectivity index (χ4n) is 6.16. The van der Waals surface area contributed by atoms with Crippen LogP contribution in [-0.2, 0) is 14.3 Å². The minimum Gasteiger partial charge on any atom is -0.456 e. The summed E-state index contributed by atoms with van der Waals surface area (Å²) in [5, 5.41) is 0. The Labute approximate surface area is 171 Å². The van der Waals surface area contributed by atoms with E-state index in [1.54, 1.807) is 0 Å². The van der Waals surface area contributed by atoms with Crippen molar-refractivity contribution in [2.75, 3.05) is 0 Å². The van der Waals surface area contributed by atoms with Crippen LogP contribution >= 0.6 is 0 Å². The Morgan fingerprint density at radius 1 is 0.966 bits per heavy atom. The lowest BCUT2D eigenvalue weighted by molar-refractivity contribution is -0.125. The molecule has 152 valence electrons. The van der Waals surface area contributed by atoms with Gasteiger partial charge in [-0.25, -0.2) is 4.79 Å². The monoisotopic (exact) mass is 392 g/mol. The summed E-state index contributed by atoms with van der Waals surface area (Å²) in [6.07, 6.45) is 4.91. The average Bonchev–Trinajstić information content (AvgIpc) is 3.38. The van der Waals surface area contributed by atoms with Gasteiger partial charge in [-0.2, -0.15) is 0 Å². The molecule has 4 nitrogen and oxygen atoms in total. The predicted octanol–water partition coefficient (Wildman–Crippen LogP) is 4.20. The maximum Gasteiger partial charge on any atom is 0.338 e. The first-order valence-corrected chi connectivity index (χ1v) is 10.8. The summed E-state index contributed by atoms with van der Waals surface area (Å²) in [6, 6.07) is 7.57. The third-order valence-electron chi connectivity index (χ3n) is 8.29. The zero-order chi connectivity index (χ0) is 20.7. The van der Waals surface area contributed by atoms with Gasteiger partial charge in [-0.1, -0.05) is 38.1 Å². The quantitative estimate of drug-likeness (QED) is 0.438. The molecule has 3 fully saturated rings. The smallest absolute Gasteiger partial charge is 0.338 e. The SMILES string of the molecule is CC(C)C(C)(C)OC(=O)c1ccc(C2CC3C(=O)C2C2C4C=CC(C4=O)C32)cc1. The van der Waals surface area contributed by atoms with E-state index in [1.807, 2.05) is 64.1 Å². The molecular weight excluding hydrogens is 364 g/mol. The lowest BCUT2D eigenvalue weighted by atomic mass is 9.68. The van der Waals surface area contributed by atoms with Crippen LogP contribution < -0.4 is 0 Å². The van der Waals surface area contributed by atoms with Gasteiger partial charge in [0.05, 0.1) is 5.56 Å². The van der Waals surface area contributed by atoms with E-state index in [0.29, 0.717) is 17.1 Å². The van der Waals surface area contributed by atoms with Crippen LogP contribution in [0.1, 0.15) is 56.0 Å². The summed E-state index contributed by atoms with van der Waals surface area (Å²) in [5.41, 5.74) is 1.11. The average molecular weight is 392 g/mol. The molecule has 7 unspecified atom stereocenters. The molecule has 0 radical (unpaired) electrons. The molecule has 1 aromatic rings. The predicted molar refractivity (Wildman–Crippen MR) is 108 cm³/mol. The van der Waals surface area contributed by atoms with E-state index in [4.69, 9.17) is 4.74 Å². The maximum atomic E-state index is 13.0. The van der Waals surface area contributed by atoms with E-state index < -0.39 is 5.60 Å². The number of hydrogen-bond acceptors (Lipinski definition) is 4. The highest BCUT2D eigenvalue weighted by atomic mass is 16.6. The first-order valence-electron chi connectivity index (χ1n) is 10.8. The maximum absolute atomic E-state index is 13.0. The third-order valence-corrected chi connectivity index (χ3v) is 8.29. The van der Waals surface area contributed by atoms with Crippen LogP contribution in [0.15, 0.2) is 36.4 Å². The molecule has 4 bridgehead atoms. The molecule has 0 amide bonds. The Hall–Kier alpha value is -2.23. The van der Waals surface area contributed by atoms with E-state index >= 15 is 0 Å². The zero-order valence-electron chi connectivity index (χ0n) is 17.4. The van der Waals surface area contributed by atoms with Gasteiger partial charge in [-0.3, -0.25) is 9.59 Å². The fraction of sp³-hybridized carbons (Fsp3) is 0.560. The number of carbonyl (C=O) groups excluding carboxylic acids is 3. The number of ether oxygens (including phenoxy) is 1. The van der Waals surface area contributed by atoms with Crippen LogP contribution in [0.2, 0.25) is 0 Å². The number of rotatable bonds is 4. The summed E-state index contributed by atoms with van der Waals surface area (Å²) >= 11 is 0. The number of allylic oxidation sites excluding steroid dienone is 2. The van der Waals surface area contributed by atoms with Gasteiger partial charge in [0.2, 0.25) is 0 Å². The van der Waals surface area contributed by atoms with Crippen molar-refractivity contribution < 1.29 is 19.1 Å². The standard InChI is InChI=1S/C25H28O4/c1-12(2)25(3,4)29-24(28)14-7-5-13(6-8-14)17-11-18-19-15-9-10-16(22(15)26)20(19)21(17)23(18)27/h5-10,12,15-21H,11H2,1-4H3. The fourth-order valence-corrected chi connectivity index (χ4v) is 6.16. The van der Waals surface area contributed by atoms with Crippen molar-refractivity contribution in [2.24, 2.45) is 41.4 Å². The number of benzene rings is 1. The molecule has 5 rings (SSSR count). The lowest BCUT2D eigenvalue weighted by Gasteiger charge is -2.34. The first-order chi connectivity index (χ1) is 13.7. The molecule has 1 aromatic carbocycles. The van der Waals surface area contributed by atoms with Crippen molar-refractivity contribution in [2.45, 2.75) is 45.6 Å². The number of carbonyl (C=O) groups is 3. The third kappa shape index (κ3) is 2.54. The summed E-state index contributed by atoms with van der Waals surface area (Å²) < 4.78 is 5.68. The molecule has 0 spiro atoms. The number of esters is 1. The van der Waals surface area contributed by atoms with Gasteiger partial charge in [0.15, 0.2) is 0 Å². The highest BCUT2D eigenvalue weighted by Gasteiger charge is 2.68. The van der Waals surface area contributed by atoms with Gasteiger partial charge in [0.1, 0.15) is 17.2 Å². The number of hydrogen-bond donors (Lipinski definition) is 0. The Bertz CT molecular complexity index is 923. The lowest BCUT2D eigenvalue weighted by Crippen LogP contribution is -2.33. The molecule has 7 atom stereocenters. The zero-order valence-corrected chi connectivity index (χ0v) is 17.4. The van der Waals surface area contributed by atoms with Crippen LogP contribution in [-0.4, -0.2) is 23.1 Å². The van der Waals surface area contributed by atoms with Crippen molar-refractivity contribution in [3.8, 4) is 0 Å². The molecule has 0 aliphatic heterocycles. The molecule has 4 heteroatoms. The van der Waals surface area contributed by atoms with Crippen molar-refractivity contribution in [3.05, 3.63) is 47.5 Å². The Morgan fingerprint density at radius 3 is 2.21 bits per heavy atom. The molecule has 0 saturated heterocycles. The van der Waals surface area contributed by atoms with Gasteiger partial charge >= 0.3 is 5.97 Å². The van der Waals surface area contributed by atoms with Crippen LogP contribution in [0.5, 0.6) is 0 Å². The van der Waals surface area contributed by atoms with E-state index in [1.165, 1.54) is 0 Å². The van der Waals surface area contributed by atoms with E-state index in [2.05, 4.69) is 0 Å². The normalized spacial score (nSPS) is 36.9. The van der Waals surface area contributed by atoms with Crippen molar-refractivity contribution in [1.82, 2.24) is 0 Å². The van der Waals surface area contributed by atoms with Crippen molar-refractivity contribution in [3.63, 3.8) is 0 Å². The molecule has 29 heavy (non-hydrogen) atoms. The molecule has 0 N–H and O–H groups in total. The molecule has 4 aliphatic carbocycles. The topological polar surface area (TPSA) is 60.4 Å². The molecule has 0 heterocycles. The van der Waals surface area contributed by atoms with Crippen LogP contribution in [0.3, 0.4) is 0 Å². The Morgan fingerprint density at radius 2 is 1.59 bits per heavy atom. The first kappa shape index (κ1) is 18.8. The minimum absolute atomic E-state index is 0.0219. The second-order valence-electron chi connectivity index (χ2n) is 10.1. The second kappa shape index (κ2) is 6.13. The van der Waals surface area contributed by atoms with Crippen molar-refractivity contribution >= 4 is 17.5 Å². The highest BCUT2D eigenvalue weighted by molar-refractivity contribution is 5.99. The highest BCUT2D eigenvalue weighted by Crippen LogP contribution is 2.66. The van der Waals surface area contributed by atoms with Crippen LogP contribution in [0, 0.1) is 41.4 Å². The Balaban J connectivity index is 1.36. The number of fused-ring (bicyclic) bond motifs is 9. The van der Waals surface area contributed by atoms with Crippen molar-refractivity contribution in [1.29, 1.82) is 0 Å².